The van der Waals surface area contributed by atoms with Crippen LogP contribution in [0.1, 0.15) is 31.2 Å². The second kappa shape index (κ2) is 6.24. The van der Waals surface area contributed by atoms with E-state index in [1.165, 1.54) is 0 Å². The molecule has 1 aromatic rings. The van der Waals surface area contributed by atoms with Crippen molar-refractivity contribution >= 4 is 11.7 Å². The Labute approximate surface area is 113 Å². The minimum Gasteiger partial charge on any atom is -0.481 e. The van der Waals surface area contributed by atoms with Crippen LogP contribution in [-0.4, -0.2) is 24.2 Å². The van der Waals surface area contributed by atoms with Crippen molar-refractivity contribution in [3.05, 3.63) is 29.8 Å². The number of rotatable bonds is 4. The van der Waals surface area contributed by atoms with E-state index in [-0.39, 0.29) is 6.42 Å². The highest BCUT2D eigenvalue weighted by Crippen LogP contribution is 2.26. The fraction of sp³-hybridized carbons (Fsp3) is 0.467. The van der Waals surface area contributed by atoms with Crippen LogP contribution >= 0.6 is 0 Å². The second-order valence-corrected chi connectivity index (χ2v) is 5.02. The Balaban J connectivity index is 1.85. The van der Waals surface area contributed by atoms with Gasteiger partial charge in [0, 0.05) is 25.2 Å². The quantitative estimate of drug-likeness (QED) is 0.901. The lowest BCUT2D eigenvalue weighted by atomic mass is 9.92. The van der Waals surface area contributed by atoms with Crippen molar-refractivity contribution in [2.75, 3.05) is 18.0 Å². The van der Waals surface area contributed by atoms with E-state index >= 15 is 0 Å². The monoisotopic (exact) mass is 258 g/mol. The predicted octanol–water partition coefficient (Wildman–Crippen LogP) is 2.64. The van der Waals surface area contributed by atoms with Gasteiger partial charge in [-0.3, -0.25) is 4.79 Å². The van der Waals surface area contributed by atoms with Crippen molar-refractivity contribution < 1.29 is 9.90 Å². The molecule has 1 aromatic carbocycles. The van der Waals surface area contributed by atoms with E-state index < -0.39 is 5.97 Å². The molecule has 19 heavy (non-hydrogen) atoms. The Morgan fingerprint density at radius 3 is 2.47 bits per heavy atom. The van der Waals surface area contributed by atoms with Crippen LogP contribution < -0.4 is 4.90 Å². The first-order valence-electron chi connectivity index (χ1n) is 6.66. The molecule has 0 amide bonds. The number of nitriles is 1. The first kappa shape index (κ1) is 13.4. The van der Waals surface area contributed by atoms with E-state index in [0.29, 0.717) is 11.5 Å². The lowest BCUT2D eigenvalue weighted by Crippen LogP contribution is -2.33. The summed E-state index contributed by atoms with van der Waals surface area (Å²) in [6.45, 7) is 1.94. The molecule has 2 rings (SSSR count). The van der Waals surface area contributed by atoms with Crippen molar-refractivity contribution in [2.45, 2.75) is 25.7 Å². The van der Waals surface area contributed by atoms with Gasteiger partial charge in [-0.25, -0.2) is 0 Å². The van der Waals surface area contributed by atoms with Crippen molar-refractivity contribution in [1.82, 2.24) is 0 Å². The molecule has 0 aromatic heterocycles. The molecule has 4 heteroatoms. The lowest BCUT2D eigenvalue weighted by Gasteiger charge is -2.33. The van der Waals surface area contributed by atoms with Gasteiger partial charge in [0.1, 0.15) is 0 Å². The third kappa shape index (κ3) is 3.72. The fourth-order valence-electron chi connectivity index (χ4n) is 2.55. The number of anilines is 1. The van der Waals surface area contributed by atoms with E-state index in [4.69, 9.17) is 10.4 Å². The van der Waals surface area contributed by atoms with E-state index in [2.05, 4.69) is 11.0 Å². The van der Waals surface area contributed by atoms with Gasteiger partial charge in [0.05, 0.1) is 11.6 Å². The second-order valence-electron chi connectivity index (χ2n) is 5.02. The molecule has 0 atom stereocenters. The normalized spacial score (nSPS) is 16.1. The van der Waals surface area contributed by atoms with Gasteiger partial charge in [0.25, 0.3) is 0 Å². The van der Waals surface area contributed by atoms with Crippen molar-refractivity contribution in [3.63, 3.8) is 0 Å². The largest absolute Gasteiger partial charge is 0.481 e. The third-order valence-corrected chi connectivity index (χ3v) is 3.74. The summed E-state index contributed by atoms with van der Waals surface area (Å²) in [5.41, 5.74) is 1.83. The molecule has 1 aliphatic heterocycles. The van der Waals surface area contributed by atoms with E-state index in [0.717, 1.165) is 38.0 Å². The highest BCUT2D eigenvalue weighted by Gasteiger charge is 2.19. The number of hydrogen-bond acceptors (Lipinski definition) is 3. The van der Waals surface area contributed by atoms with Crippen LogP contribution in [0.3, 0.4) is 0 Å². The zero-order valence-corrected chi connectivity index (χ0v) is 10.9. The molecule has 0 radical (unpaired) electrons. The molecule has 1 fully saturated rings. The van der Waals surface area contributed by atoms with Crippen molar-refractivity contribution in [1.29, 1.82) is 5.26 Å². The molecule has 0 unspecified atom stereocenters. The maximum Gasteiger partial charge on any atom is 0.303 e. The van der Waals surface area contributed by atoms with Gasteiger partial charge in [-0.1, -0.05) is 0 Å². The first-order chi connectivity index (χ1) is 9.19. The number of benzene rings is 1. The summed E-state index contributed by atoms with van der Waals surface area (Å²) in [6, 6.07) is 9.76. The highest BCUT2D eigenvalue weighted by molar-refractivity contribution is 5.66. The van der Waals surface area contributed by atoms with Crippen LogP contribution in [0.15, 0.2) is 24.3 Å². The average molecular weight is 258 g/mol. The number of carboxylic acids is 1. The van der Waals surface area contributed by atoms with Crippen LogP contribution in [0.4, 0.5) is 5.69 Å². The number of aliphatic carboxylic acids is 1. The molecular formula is C15H18N2O2. The highest BCUT2D eigenvalue weighted by atomic mass is 16.4. The molecule has 4 nitrogen and oxygen atoms in total. The number of carbonyl (C=O) groups is 1. The summed E-state index contributed by atoms with van der Waals surface area (Å²) in [5, 5.41) is 17.5. The molecule has 100 valence electrons. The summed E-state index contributed by atoms with van der Waals surface area (Å²) in [7, 11) is 0. The predicted molar refractivity (Wildman–Crippen MR) is 73.0 cm³/mol. The molecular weight excluding hydrogens is 240 g/mol. The molecule has 0 saturated carbocycles. The van der Waals surface area contributed by atoms with E-state index in [1.807, 2.05) is 24.3 Å². The average Bonchev–Trinajstić information content (AvgIpc) is 2.46. The van der Waals surface area contributed by atoms with E-state index in [1.54, 1.807) is 0 Å². The zero-order valence-electron chi connectivity index (χ0n) is 10.9. The third-order valence-electron chi connectivity index (χ3n) is 3.74. The lowest BCUT2D eigenvalue weighted by molar-refractivity contribution is -0.137. The number of carboxylic acid groups (broad SMARTS) is 1. The Kier molecular flexibility index (Phi) is 4.40. The van der Waals surface area contributed by atoms with Crippen molar-refractivity contribution in [2.24, 2.45) is 5.92 Å². The number of piperidine rings is 1. The Bertz CT molecular complexity index is 468. The maximum absolute atomic E-state index is 10.6. The first-order valence-corrected chi connectivity index (χ1v) is 6.66. The summed E-state index contributed by atoms with van der Waals surface area (Å²) in [5.74, 6) is -0.166. The molecule has 1 saturated heterocycles. The zero-order chi connectivity index (χ0) is 13.7. The molecule has 0 aliphatic carbocycles. The SMILES string of the molecule is N#Cc1ccc(N2CCC(CCC(=O)O)CC2)cc1. The fourth-order valence-corrected chi connectivity index (χ4v) is 2.55. The molecule has 1 heterocycles. The van der Waals surface area contributed by atoms with Crippen LogP contribution in [0, 0.1) is 17.2 Å². The Morgan fingerprint density at radius 1 is 1.32 bits per heavy atom. The summed E-state index contributed by atoms with van der Waals surface area (Å²) < 4.78 is 0. The molecule has 1 aliphatic rings. The molecule has 0 spiro atoms. The Hall–Kier alpha value is -2.02. The molecule has 1 N–H and O–H groups in total. The minimum atomic E-state index is -0.700. The number of nitrogens with zero attached hydrogens (tertiary/aromatic N) is 2. The summed E-state index contributed by atoms with van der Waals surface area (Å²) in [4.78, 5) is 12.9. The van der Waals surface area contributed by atoms with Crippen LogP contribution in [0.2, 0.25) is 0 Å². The van der Waals surface area contributed by atoms with Crippen LogP contribution in [-0.2, 0) is 4.79 Å². The number of hydrogen-bond donors (Lipinski definition) is 1. The van der Waals surface area contributed by atoms with Gasteiger partial charge in [-0.05, 0) is 49.4 Å². The van der Waals surface area contributed by atoms with Gasteiger partial charge in [-0.2, -0.15) is 5.26 Å². The standard InChI is InChI=1S/C15H18N2O2/c16-11-13-1-4-14(5-2-13)17-9-7-12(8-10-17)3-6-15(18)19/h1-2,4-5,12H,3,6-10H2,(H,18,19). The van der Waals surface area contributed by atoms with Crippen LogP contribution in [0.5, 0.6) is 0 Å². The smallest absolute Gasteiger partial charge is 0.303 e. The van der Waals surface area contributed by atoms with Gasteiger partial charge in [0.2, 0.25) is 0 Å². The van der Waals surface area contributed by atoms with Gasteiger partial charge < -0.3 is 10.0 Å². The topological polar surface area (TPSA) is 64.3 Å². The minimum absolute atomic E-state index is 0.279. The van der Waals surface area contributed by atoms with Gasteiger partial charge in [0.15, 0.2) is 0 Å². The van der Waals surface area contributed by atoms with Crippen molar-refractivity contribution in [3.8, 4) is 6.07 Å². The van der Waals surface area contributed by atoms with Crippen LogP contribution in [0.25, 0.3) is 0 Å². The maximum atomic E-state index is 10.6. The van der Waals surface area contributed by atoms with E-state index in [9.17, 15) is 4.79 Å². The van der Waals surface area contributed by atoms with Gasteiger partial charge >= 0.3 is 5.97 Å². The summed E-state index contributed by atoms with van der Waals surface area (Å²) >= 11 is 0. The van der Waals surface area contributed by atoms with Gasteiger partial charge in [-0.15, -0.1) is 0 Å². The molecule has 0 bridgehead atoms. The summed E-state index contributed by atoms with van der Waals surface area (Å²) in [6.07, 6.45) is 3.17. The Morgan fingerprint density at radius 2 is 1.95 bits per heavy atom.